The van der Waals surface area contributed by atoms with E-state index in [1.807, 2.05) is 35.9 Å². The third-order valence-corrected chi connectivity index (χ3v) is 6.01. The number of rotatable bonds is 8. The number of thiazole rings is 1. The van der Waals surface area contributed by atoms with E-state index >= 15 is 0 Å². The number of aromatic nitrogens is 3. The molecule has 2 aromatic carbocycles. The van der Waals surface area contributed by atoms with Crippen molar-refractivity contribution in [2.45, 2.75) is 19.9 Å². The summed E-state index contributed by atoms with van der Waals surface area (Å²) in [6.07, 6.45) is 9.11. The van der Waals surface area contributed by atoms with Gasteiger partial charge >= 0.3 is 0 Å². The van der Waals surface area contributed by atoms with Gasteiger partial charge in [-0.25, -0.2) is 9.97 Å². The maximum Gasteiger partial charge on any atom is 0.270 e. The summed E-state index contributed by atoms with van der Waals surface area (Å²) in [7, 11) is 0. The van der Waals surface area contributed by atoms with E-state index in [1.54, 1.807) is 35.6 Å². The van der Waals surface area contributed by atoms with Crippen LogP contribution in [0.15, 0.2) is 67.3 Å². The second-order valence-corrected chi connectivity index (χ2v) is 8.26. The molecule has 0 aliphatic heterocycles. The van der Waals surface area contributed by atoms with Crippen molar-refractivity contribution in [3.05, 3.63) is 88.5 Å². The van der Waals surface area contributed by atoms with Gasteiger partial charge in [0.05, 0.1) is 21.5 Å². The molecule has 0 spiro atoms. The van der Waals surface area contributed by atoms with Crippen molar-refractivity contribution in [2.24, 2.45) is 0 Å². The van der Waals surface area contributed by atoms with E-state index in [0.29, 0.717) is 17.2 Å². The fourth-order valence-electron chi connectivity index (χ4n) is 3.32. The number of para-hydroxylation sites is 1. The summed E-state index contributed by atoms with van der Waals surface area (Å²) in [5.41, 5.74) is 2.52. The number of nitro benzene ring substituents is 1. The molecule has 0 bridgehead atoms. The average molecular weight is 484 g/mol. The van der Waals surface area contributed by atoms with Gasteiger partial charge in [-0.05, 0) is 36.6 Å². The predicted molar refractivity (Wildman–Crippen MR) is 133 cm³/mol. The van der Waals surface area contributed by atoms with Crippen LogP contribution >= 0.6 is 23.7 Å². The molecule has 0 aliphatic carbocycles. The van der Waals surface area contributed by atoms with Gasteiger partial charge in [0.1, 0.15) is 0 Å². The Morgan fingerprint density at radius 1 is 1.27 bits per heavy atom. The maximum atomic E-state index is 13.1. The molecule has 4 rings (SSSR count). The Balaban J connectivity index is 0.00000306. The van der Waals surface area contributed by atoms with Crippen molar-refractivity contribution >= 4 is 56.8 Å². The number of hydrogen-bond acceptors (Lipinski definition) is 6. The molecule has 10 heteroatoms. The highest BCUT2D eigenvalue weighted by molar-refractivity contribution is 7.22. The number of carbonyl (C=O) groups excluding carboxylic acids is 1. The highest BCUT2D eigenvalue weighted by Crippen LogP contribution is 2.31. The molecule has 170 valence electrons. The molecule has 8 nitrogen and oxygen atoms in total. The molecule has 0 aliphatic rings. The van der Waals surface area contributed by atoms with Crippen LogP contribution in [0.2, 0.25) is 0 Å². The molecule has 0 N–H and O–H groups in total. The maximum absolute atomic E-state index is 13.1. The lowest BCUT2D eigenvalue weighted by atomic mass is 10.2. The Hall–Kier alpha value is -3.56. The lowest BCUT2D eigenvalue weighted by molar-refractivity contribution is -0.384. The average Bonchev–Trinajstić information content (AvgIpc) is 3.46. The number of carbonyl (C=O) groups is 1. The van der Waals surface area contributed by atoms with Crippen LogP contribution in [0.1, 0.15) is 17.5 Å². The first-order valence-electron chi connectivity index (χ1n) is 10.1. The molecular formula is C23H22ClN5O3S. The zero-order valence-electron chi connectivity index (χ0n) is 17.8. The number of amides is 1. The third-order valence-electron chi connectivity index (χ3n) is 4.96. The zero-order chi connectivity index (χ0) is 22.5. The van der Waals surface area contributed by atoms with Crippen molar-refractivity contribution in [2.75, 3.05) is 11.4 Å². The van der Waals surface area contributed by atoms with E-state index in [9.17, 15) is 14.9 Å². The van der Waals surface area contributed by atoms with Crippen molar-refractivity contribution in [3.8, 4) is 0 Å². The summed E-state index contributed by atoms with van der Waals surface area (Å²) in [5, 5.41) is 11.6. The minimum Gasteiger partial charge on any atom is -0.337 e. The Bertz CT molecular complexity index is 1290. The number of anilines is 1. The number of benzene rings is 2. The number of imidazole rings is 1. The largest absolute Gasteiger partial charge is 0.337 e. The number of nitrogens with zero attached hydrogens (tertiary/aromatic N) is 5. The van der Waals surface area contributed by atoms with Crippen molar-refractivity contribution in [3.63, 3.8) is 0 Å². The summed E-state index contributed by atoms with van der Waals surface area (Å²) in [6.45, 7) is 3.21. The minimum atomic E-state index is -0.453. The predicted octanol–water partition coefficient (Wildman–Crippen LogP) is 5.27. The van der Waals surface area contributed by atoms with Crippen LogP contribution in [0.4, 0.5) is 10.8 Å². The van der Waals surface area contributed by atoms with Crippen LogP contribution in [-0.2, 0) is 11.3 Å². The van der Waals surface area contributed by atoms with Crippen LogP contribution in [-0.4, -0.2) is 31.9 Å². The second-order valence-electron chi connectivity index (χ2n) is 7.25. The van der Waals surface area contributed by atoms with Crippen LogP contribution < -0.4 is 4.90 Å². The summed E-state index contributed by atoms with van der Waals surface area (Å²) in [4.78, 5) is 34.1. The molecule has 0 fully saturated rings. The lowest BCUT2D eigenvalue weighted by Gasteiger charge is -2.18. The molecule has 0 radical (unpaired) electrons. The number of halogens is 1. The fourth-order valence-corrected chi connectivity index (χ4v) is 4.39. The smallest absolute Gasteiger partial charge is 0.270 e. The van der Waals surface area contributed by atoms with E-state index in [2.05, 4.69) is 4.98 Å². The molecular weight excluding hydrogens is 462 g/mol. The number of fused-ring (bicyclic) bond motifs is 1. The van der Waals surface area contributed by atoms with Gasteiger partial charge in [0.2, 0.25) is 0 Å². The molecule has 0 saturated carbocycles. The molecule has 4 aromatic rings. The minimum absolute atomic E-state index is 0. The lowest BCUT2D eigenvalue weighted by Crippen LogP contribution is -2.30. The second kappa shape index (κ2) is 10.8. The van der Waals surface area contributed by atoms with Gasteiger partial charge in [-0.3, -0.25) is 19.8 Å². The number of nitro groups is 1. The number of non-ortho nitro benzene ring substituents is 1. The van der Waals surface area contributed by atoms with Gasteiger partial charge < -0.3 is 4.57 Å². The molecule has 0 atom stereocenters. The summed E-state index contributed by atoms with van der Waals surface area (Å²) < 4.78 is 2.99. The summed E-state index contributed by atoms with van der Waals surface area (Å²) >= 11 is 1.48. The first kappa shape index (κ1) is 24.1. The van der Waals surface area contributed by atoms with Gasteiger partial charge in [0.15, 0.2) is 5.13 Å². The molecule has 33 heavy (non-hydrogen) atoms. The van der Waals surface area contributed by atoms with Crippen LogP contribution in [0.25, 0.3) is 16.3 Å². The normalized spacial score (nSPS) is 10.9. The fraction of sp³-hybridized carbons (Fsp3) is 0.174. The molecule has 0 unspecified atom stereocenters. The molecule has 1 amide bonds. The molecule has 0 saturated heterocycles. The Kier molecular flexibility index (Phi) is 7.92. The van der Waals surface area contributed by atoms with Crippen molar-refractivity contribution in [1.82, 2.24) is 14.5 Å². The van der Waals surface area contributed by atoms with Crippen LogP contribution in [0.3, 0.4) is 0 Å². The van der Waals surface area contributed by atoms with E-state index in [4.69, 9.17) is 4.98 Å². The van der Waals surface area contributed by atoms with E-state index in [1.165, 1.54) is 29.5 Å². The summed E-state index contributed by atoms with van der Waals surface area (Å²) in [5.74, 6) is -0.223. The standard InChI is InChI=1S/C23H21N5O3S.ClH/c1-17-5-2-8-20-22(17)25-23(32-20)27(13-4-12-26-14-11-24-16-26)21(29)10-9-18-6-3-7-19(15-18)28(30)31;/h2-3,5-11,14-16H,4,12-13H2,1H3;1H/b10-9+;. The Labute approximate surface area is 200 Å². The first-order valence-corrected chi connectivity index (χ1v) is 10.9. The van der Waals surface area contributed by atoms with Crippen LogP contribution in [0, 0.1) is 17.0 Å². The van der Waals surface area contributed by atoms with Crippen molar-refractivity contribution < 1.29 is 9.72 Å². The van der Waals surface area contributed by atoms with Gasteiger partial charge in [-0.15, -0.1) is 12.4 Å². The quantitative estimate of drug-likeness (QED) is 0.193. The topological polar surface area (TPSA) is 94.2 Å². The van der Waals surface area contributed by atoms with Crippen molar-refractivity contribution in [1.29, 1.82) is 0 Å². The first-order chi connectivity index (χ1) is 15.5. The number of aryl methyl sites for hydroxylation is 2. The van der Waals surface area contributed by atoms with E-state index < -0.39 is 4.92 Å². The zero-order valence-corrected chi connectivity index (χ0v) is 19.5. The van der Waals surface area contributed by atoms with Crippen LogP contribution in [0.5, 0.6) is 0 Å². The highest BCUT2D eigenvalue weighted by Gasteiger charge is 2.18. The SMILES string of the molecule is Cc1cccc2sc(N(CCCn3ccnc3)C(=O)/C=C/c3cccc([N+](=O)[O-])c3)nc12.Cl. The van der Waals surface area contributed by atoms with Gasteiger partial charge in [-0.2, -0.15) is 0 Å². The highest BCUT2D eigenvalue weighted by atomic mass is 35.5. The van der Waals surface area contributed by atoms with Gasteiger partial charge in [-0.1, -0.05) is 35.6 Å². The Morgan fingerprint density at radius 3 is 2.82 bits per heavy atom. The molecule has 2 heterocycles. The summed E-state index contributed by atoms with van der Waals surface area (Å²) in [6, 6.07) is 12.2. The van der Waals surface area contributed by atoms with E-state index in [0.717, 1.165) is 28.7 Å². The monoisotopic (exact) mass is 483 g/mol. The molecule has 2 aromatic heterocycles. The van der Waals surface area contributed by atoms with Gasteiger partial charge in [0.25, 0.3) is 11.6 Å². The third kappa shape index (κ3) is 5.82. The van der Waals surface area contributed by atoms with E-state index in [-0.39, 0.29) is 24.0 Å². The number of hydrogen-bond donors (Lipinski definition) is 0. The van der Waals surface area contributed by atoms with Gasteiger partial charge in [0, 0.05) is 43.7 Å². The Morgan fingerprint density at radius 2 is 2.09 bits per heavy atom.